The number of nitrogens with one attached hydrogen (secondary N) is 2. The summed E-state index contributed by atoms with van der Waals surface area (Å²) in [6, 6.07) is 14.8. The van der Waals surface area contributed by atoms with E-state index in [1.54, 1.807) is 23.0 Å². The smallest absolute Gasteiger partial charge is 0.176 e. The molecule has 0 amide bonds. The van der Waals surface area contributed by atoms with Crippen LogP contribution in [0.15, 0.2) is 54.7 Å². The van der Waals surface area contributed by atoms with Crippen LogP contribution in [-0.2, 0) is 6.54 Å². The number of anilines is 2. The Morgan fingerprint density at radius 3 is 2.56 bits per heavy atom. The maximum absolute atomic E-state index is 6.24. The van der Waals surface area contributed by atoms with Crippen molar-refractivity contribution in [2.45, 2.75) is 6.54 Å². The van der Waals surface area contributed by atoms with Crippen LogP contribution in [0.25, 0.3) is 0 Å². The predicted octanol–water partition coefficient (Wildman–Crippen LogP) is 5.70. The van der Waals surface area contributed by atoms with Crippen LogP contribution in [0.4, 0.5) is 11.5 Å². The SMILES string of the molecule is S=C(Nc1cccc(Cl)c1)Nc1nn(Cc2ccccc2Cl)cc1Cl. The Balaban J connectivity index is 1.68. The number of thiocarbonyl (C=S) groups is 1. The van der Waals surface area contributed by atoms with E-state index in [4.69, 9.17) is 47.0 Å². The zero-order valence-electron chi connectivity index (χ0n) is 12.8. The van der Waals surface area contributed by atoms with Gasteiger partial charge in [-0.15, -0.1) is 0 Å². The van der Waals surface area contributed by atoms with Crippen LogP contribution in [0.2, 0.25) is 15.1 Å². The van der Waals surface area contributed by atoms with E-state index in [1.165, 1.54) is 0 Å². The van der Waals surface area contributed by atoms with Crippen molar-refractivity contribution in [2.75, 3.05) is 10.6 Å². The van der Waals surface area contributed by atoms with Gasteiger partial charge in [-0.1, -0.05) is 59.1 Å². The van der Waals surface area contributed by atoms with Gasteiger partial charge in [-0.05, 0) is 42.0 Å². The Hall–Kier alpha value is -1.79. The summed E-state index contributed by atoms with van der Waals surface area (Å²) < 4.78 is 1.70. The van der Waals surface area contributed by atoms with Crippen molar-refractivity contribution >= 4 is 63.6 Å². The zero-order chi connectivity index (χ0) is 17.8. The van der Waals surface area contributed by atoms with E-state index < -0.39 is 0 Å². The fourth-order valence-electron chi connectivity index (χ4n) is 2.20. The van der Waals surface area contributed by atoms with Crippen LogP contribution in [0.5, 0.6) is 0 Å². The van der Waals surface area contributed by atoms with Crippen molar-refractivity contribution in [1.82, 2.24) is 9.78 Å². The molecule has 0 atom stereocenters. The first-order valence-corrected chi connectivity index (χ1v) is 8.85. The summed E-state index contributed by atoms with van der Waals surface area (Å²) in [4.78, 5) is 0. The zero-order valence-corrected chi connectivity index (χ0v) is 15.9. The number of hydrogen-bond acceptors (Lipinski definition) is 2. The summed E-state index contributed by atoms with van der Waals surface area (Å²) in [6.45, 7) is 0.509. The molecule has 0 bridgehead atoms. The van der Waals surface area contributed by atoms with Crippen LogP contribution < -0.4 is 10.6 Å². The summed E-state index contributed by atoms with van der Waals surface area (Å²) in [5.74, 6) is 0.466. The van der Waals surface area contributed by atoms with Crippen LogP contribution in [0, 0.1) is 0 Å². The highest BCUT2D eigenvalue weighted by atomic mass is 35.5. The Morgan fingerprint density at radius 2 is 1.80 bits per heavy atom. The second-order valence-corrected chi connectivity index (χ2v) is 6.86. The topological polar surface area (TPSA) is 41.9 Å². The summed E-state index contributed by atoms with van der Waals surface area (Å²) >= 11 is 23.7. The molecule has 0 saturated carbocycles. The van der Waals surface area contributed by atoms with Crippen molar-refractivity contribution in [3.8, 4) is 0 Å². The van der Waals surface area contributed by atoms with E-state index in [0.29, 0.717) is 32.5 Å². The van der Waals surface area contributed by atoms with Gasteiger partial charge in [-0.2, -0.15) is 5.10 Å². The molecule has 3 rings (SSSR count). The molecular weight excluding hydrogens is 399 g/mol. The van der Waals surface area contributed by atoms with Crippen LogP contribution in [-0.4, -0.2) is 14.9 Å². The van der Waals surface area contributed by atoms with Gasteiger partial charge in [0, 0.05) is 21.9 Å². The summed E-state index contributed by atoms with van der Waals surface area (Å²) in [6.07, 6.45) is 1.72. The standard InChI is InChI=1S/C17H13Cl3N4S/c18-12-5-3-6-13(8-12)21-17(25)22-16-15(20)10-24(23-16)9-11-4-1-2-7-14(11)19/h1-8,10H,9H2,(H2,21,22,23,25). The molecule has 2 N–H and O–H groups in total. The van der Waals surface area contributed by atoms with E-state index in [1.807, 2.05) is 36.4 Å². The van der Waals surface area contributed by atoms with Crippen LogP contribution >= 0.6 is 47.0 Å². The third-order valence-electron chi connectivity index (χ3n) is 3.32. The van der Waals surface area contributed by atoms with Crippen molar-refractivity contribution in [1.29, 1.82) is 0 Å². The summed E-state index contributed by atoms with van der Waals surface area (Å²) in [5.41, 5.74) is 1.73. The Labute approximate surface area is 165 Å². The van der Waals surface area contributed by atoms with Crippen molar-refractivity contribution in [3.05, 3.63) is 75.4 Å². The highest BCUT2D eigenvalue weighted by Gasteiger charge is 2.10. The van der Waals surface area contributed by atoms with Gasteiger partial charge in [-0.25, -0.2) is 0 Å². The first-order valence-electron chi connectivity index (χ1n) is 7.31. The lowest BCUT2D eigenvalue weighted by Gasteiger charge is -2.09. The van der Waals surface area contributed by atoms with E-state index in [2.05, 4.69) is 15.7 Å². The fourth-order valence-corrected chi connectivity index (χ4v) is 3.00. The number of nitrogens with zero attached hydrogens (tertiary/aromatic N) is 2. The summed E-state index contributed by atoms with van der Waals surface area (Å²) in [5, 5.41) is 12.6. The first kappa shape index (κ1) is 18.0. The average molecular weight is 412 g/mol. The molecule has 0 aliphatic carbocycles. The van der Waals surface area contributed by atoms with Crippen LogP contribution in [0.1, 0.15) is 5.56 Å². The Morgan fingerprint density at radius 1 is 1.00 bits per heavy atom. The predicted molar refractivity (Wildman–Crippen MR) is 109 cm³/mol. The van der Waals surface area contributed by atoms with Gasteiger partial charge in [-0.3, -0.25) is 4.68 Å². The Bertz CT molecular complexity index is 910. The minimum Gasteiger partial charge on any atom is -0.332 e. The third kappa shape index (κ3) is 4.86. The number of halogens is 3. The molecular formula is C17H13Cl3N4S. The lowest BCUT2D eigenvalue weighted by Crippen LogP contribution is -2.19. The van der Waals surface area contributed by atoms with Crippen molar-refractivity contribution < 1.29 is 0 Å². The molecule has 0 unspecified atom stereocenters. The van der Waals surface area contributed by atoms with E-state index in [9.17, 15) is 0 Å². The highest BCUT2D eigenvalue weighted by molar-refractivity contribution is 7.80. The molecule has 8 heteroatoms. The molecule has 4 nitrogen and oxygen atoms in total. The number of rotatable bonds is 4. The fraction of sp³-hybridized carbons (Fsp3) is 0.0588. The van der Waals surface area contributed by atoms with E-state index >= 15 is 0 Å². The van der Waals surface area contributed by atoms with Crippen molar-refractivity contribution in [3.63, 3.8) is 0 Å². The largest absolute Gasteiger partial charge is 0.332 e. The molecule has 0 aliphatic rings. The normalized spacial score (nSPS) is 10.5. The number of hydrogen-bond donors (Lipinski definition) is 2. The maximum atomic E-state index is 6.24. The van der Waals surface area contributed by atoms with Gasteiger partial charge in [0.25, 0.3) is 0 Å². The van der Waals surface area contributed by atoms with Gasteiger partial charge < -0.3 is 10.6 Å². The minimum absolute atomic E-state index is 0.368. The molecule has 2 aromatic carbocycles. The Kier molecular flexibility index (Phi) is 5.81. The monoisotopic (exact) mass is 410 g/mol. The number of benzene rings is 2. The number of aromatic nitrogens is 2. The second-order valence-electron chi connectivity index (χ2n) is 5.20. The van der Waals surface area contributed by atoms with Gasteiger partial charge in [0.1, 0.15) is 5.02 Å². The molecule has 0 saturated heterocycles. The lowest BCUT2D eigenvalue weighted by molar-refractivity contribution is 0.690. The molecule has 25 heavy (non-hydrogen) atoms. The molecule has 0 aliphatic heterocycles. The maximum Gasteiger partial charge on any atom is 0.176 e. The van der Waals surface area contributed by atoms with E-state index in [-0.39, 0.29) is 0 Å². The minimum atomic E-state index is 0.368. The van der Waals surface area contributed by atoms with Gasteiger partial charge >= 0.3 is 0 Å². The highest BCUT2D eigenvalue weighted by Crippen LogP contribution is 2.22. The third-order valence-corrected chi connectivity index (χ3v) is 4.41. The molecule has 3 aromatic rings. The van der Waals surface area contributed by atoms with Gasteiger partial charge in [0.2, 0.25) is 0 Å². The average Bonchev–Trinajstić information content (AvgIpc) is 2.89. The van der Waals surface area contributed by atoms with Crippen LogP contribution in [0.3, 0.4) is 0 Å². The molecule has 1 heterocycles. The van der Waals surface area contributed by atoms with E-state index in [0.717, 1.165) is 11.3 Å². The molecule has 0 spiro atoms. The first-order chi connectivity index (χ1) is 12.0. The second kappa shape index (κ2) is 8.06. The molecule has 128 valence electrons. The lowest BCUT2D eigenvalue weighted by atomic mass is 10.2. The molecule has 0 radical (unpaired) electrons. The van der Waals surface area contributed by atoms with Gasteiger partial charge in [0.15, 0.2) is 10.9 Å². The van der Waals surface area contributed by atoms with Crippen molar-refractivity contribution in [2.24, 2.45) is 0 Å². The van der Waals surface area contributed by atoms with Gasteiger partial charge in [0.05, 0.1) is 6.54 Å². The summed E-state index contributed by atoms with van der Waals surface area (Å²) in [7, 11) is 0. The molecule has 0 fully saturated rings. The molecule has 1 aromatic heterocycles. The quantitative estimate of drug-likeness (QED) is 0.540.